The molecule has 0 spiro atoms. The summed E-state index contributed by atoms with van der Waals surface area (Å²) >= 11 is 0. The average Bonchev–Trinajstić information content (AvgIpc) is 3.05. The largest absolute Gasteiger partial charge is 0.503 e. The van der Waals surface area contributed by atoms with E-state index in [2.05, 4.69) is 11.5 Å². The van der Waals surface area contributed by atoms with Gasteiger partial charge in [-0.2, -0.15) is 0 Å². The number of hydrogen-bond donors (Lipinski definition) is 1. The molecule has 0 radical (unpaired) electrons. The van der Waals surface area contributed by atoms with Gasteiger partial charge in [0.15, 0.2) is 5.75 Å². The van der Waals surface area contributed by atoms with E-state index in [4.69, 9.17) is 0 Å². The molecule has 0 fully saturated rings. The predicted octanol–water partition coefficient (Wildman–Crippen LogP) is 6.12. The molecule has 32 heavy (non-hydrogen) atoms. The van der Waals surface area contributed by atoms with Crippen LogP contribution >= 0.6 is 0 Å². The summed E-state index contributed by atoms with van der Waals surface area (Å²) in [4.78, 5) is 27.6. The van der Waals surface area contributed by atoms with Gasteiger partial charge in [-0.1, -0.05) is 85.2 Å². The molecule has 1 N–H and O–H groups in total. The Morgan fingerprint density at radius 3 is 2.19 bits per heavy atom. The third-order valence-electron chi connectivity index (χ3n) is 5.66. The lowest BCUT2D eigenvalue weighted by Crippen LogP contribution is -2.42. The highest BCUT2D eigenvalue weighted by Gasteiger charge is 2.34. The Bertz CT molecular complexity index is 903. The van der Waals surface area contributed by atoms with E-state index in [0.717, 1.165) is 42.8 Å². The lowest BCUT2D eigenvalue weighted by atomic mass is 9.96. The van der Waals surface area contributed by atoms with Crippen molar-refractivity contribution in [3.05, 3.63) is 63.1 Å². The fourth-order valence-electron chi connectivity index (χ4n) is 4.32. The van der Waals surface area contributed by atoms with E-state index in [0.29, 0.717) is 19.5 Å². The number of pyridine rings is 1. The fourth-order valence-corrected chi connectivity index (χ4v) is 4.32. The summed E-state index contributed by atoms with van der Waals surface area (Å²) < 4.78 is 2.06. The van der Waals surface area contributed by atoms with Crippen molar-refractivity contribution in [2.75, 3.05) is 6.54 Å². The molecule has 2 aliphatic rings. The maximum absolute atomic E-state index is 13.0. The zero-order valence-electron chi connectivity index (χ0n) is 21.1. The first-order valence-electron chi connectivity index (χ1n) is 12.4. The molecule has 1 aromatic carbocycles. The summed E-state index contributed by atoms with van der Waals surface area (Å²) in [6, 6.07) is 9.79. The summed E-state index contributed by atoms with van der Waals surface area (Å²) in [7, 11) is 0. The summed E-state index contributed by atoms with van der Waals surface area (Å²) in [5.74, 6) is -0.358. The van der Waals surface area contributed by atoms with Crippen LogP contribution in [0.4, 0.5) is 0 Å². The van der Waals surface area contributed by atoms with Crippen LogP contribution in [-0.4, -0.2) is 27.0 Å². The molecule has 0 bridgehead atoms. The number of benzene rings is 1. The van der Waals surface area contributed by atoms with Gasteiger partial charge in [0.05, 0.1) is 5.69 Å². The van der Waals surface area contributed by atoms with Gasteiger partial charge in [-0.3, -0.25) is 9.59 Å². The topological polar surface area (TPSA) is 62.5 Å². The molecule has 5 heteroatoms. The van der Waals surface area contributed by atoms with Crippen molar-refractivity contribution in [3.8, 4) is 5.75 Å². The Labute approximate surface area is 194 Å². The number of aromatic hydroxyl groups is 1. The van der Waals surface area contributed by atoms with Crippen LogP contribution in [0.2, 0.25) is 0 Å². The molecule has 178 valence electrons. The van der Waals surface area contributed by atoms with E-state index in [1.807, 2.05) is 71.9 Å². The van der Waals surface area contributed by atoms with Crippen LogP contribution in [-0.2, 0) is 19.5 Å². The SMILES string of the molecule is CC.CC.CC.CC1CCCCn2c3c(c(=O)c(O)c21)C(=O)N(Cc1ccccc1)CC3. The van der Waals surface area contributed by atoms with Crippen molar-refractivity contribution in [1.82, 2.24) is 9.47 Å². The maximum atomic E-state index is 13.0. The maximum Gasteiger partial charge on any atom is 0.260 e. The Balaban J connectivity index is 0.000000789. The van der Waals surface area contributed by atoms with E-state index in [9.17, 15) is 14.7 Å². The summed E-state index contributed by atoms with van der Waals surface area (Å²) in [5, 5.41) is 10.6. The lowest BCUT2D eigenvalue weighted by molar-refractivity contribution is 0.0720. The first kappa shape index (κ1) is 27.5. The van der Waals surface area contributed by atoms with Gasteiger partial charge in [-0.15, -0.1) is 0 Å². The van der Waals surface area contributed by atoms with E-state index in [1.54, 1.807) is 4.90 Å². The molecule has 0 saturated carbocycles. The van der Waals surface area contributed by atoms with E-state index < -0.39 is 5.43 Å². The molecule has 2 aromatic rings. The molecular weight excluding hydrogens is 400 g/mol. The average molecular weight is 443 g/mol. The second kappa shape index (κ2) is 13.8. The lowest BCUT2D eigenvalue weighted by Gasteiger charge is -2.32. The van der Waals surface area contributed by atoms with Crippen LogP contribution in [0.25, 0.3) is 0 Å². The third kappa shape index (κ3) is 5.81. The Kier molecular flexibility index (Phi) is 11.8. The van der Waals surface area contributed by atoms with Crippen molar-refractivity contribution in [2.24, 2.45) is 0 Å². The third-order valence-corrected chi connectivity index (χ3v) is 5.66. The second-order valence-electron chi connectivity index (χ2n) is 7.40. The van der Waals surface area contributed by atoms with Gasteiger partial charge < -0.3 is 14.6 Å². The summed E-state index contributed by atoms with van der Waals surface area (Å²) in [6.07, 6.45) is 3.69. The molecule has 5 nitrogen and oxygen atoms in total. The zero-order valence-corrected chi connectivity index (χ0v) is 21.1. The minimum Gasteiger partial charge on any atom is -0.503 e. The van der Waals surface area contributed by atoms with Crippen LogP contribution < -0.4 is 5.43 Å². The summed E-state index contributed by atoms with van der Waals surface area (Å²) in [6.45, 7) is 15.9. The molecule has 1 unspecified atom stereocenters. The fraction of sp³-hybridized carbons (Fsp3) is 0.556. The Morgan fingerprint density at radius 1 is 0.938 bits per heavy atom. The monoisotopic (exact) mass is 442 g/mol. The van der Waals surface area contributed by atoms with Gasteiger partial charge >= 0.3 is 0 Å². The smallest absolute Gasteiger partial charge is 0.260 e. The number of aromatic nitrogens is 1. The van der Waals surface area contributed by atoms with Gasteiger partial charge in [0.2, 0.25) is 5.43 Å². The Hall–Kier alpha value is -2.56. The number of rotatable bonds is 2. The van der Waals surface area contributed by atoms with Gasteiger partial charge in [0.1, 0.15) is 5.56 Å². The number of hydrogen-bond acceptors (Lipinski definition) is 3. The minimum atomic E-state index is -0.497. The van der Waals surface area contributed by atoms with Gasteiger partial charge in [-0.05, 0) is 18.4 Å². The molecule has 4 rings (SSSR count). The number of carbonyl (C=O) groups is 1. The zero-order chi connectivity index (χ0) is 24.3. The quantitative estimate of drug-likeness (QED) is 0.609. The highest BCUT2D eigenvalue weighted by molar-refractivity contribution is 5.96. The van der Waals surface area contributed by atoms with Crippen molar-refractivity contribution in [3.63, 3.8) is 0 Å². The second-order valence-corrected chi connectivity index (χ2v) is 7.40. The number of nitrogens with zero attached hydrogens (tertiary/aromatic N) is 2. The number of amides is 1. The standard InChI is InChI=1S/C21H24N2O3.3C2H6/c1-14-7-5-6-11-23-16-10-12-22(13-15-8-3-2-4-9-15)21(26)17(16)19(24)20(25)18(14)23;3*1-2/h2-4,8-9,14,25H,5-7,10-13H2,1H3;3*1-2H3. The van der Waals surface area contributed by atoms with E-state index in [1.165, 1.54) is 0 Å². The molecule has 3 heterocycles. The molecular formula is C27H42N2O3. The van der Waals surface area contributed by atoms with Crippen molar-refractivity contribution in [1.29, 1.82) is 0 Å². The van der Waals surface area contributed by atoms with Gasteiger partial charge in [0, 0.05) is 37.7 Å². The molecule has 1 aromatic heterocycles. The van der Waals surface area contributed by atoms with Crippen molar-refractivity contribution < 1.29 is 9.90 Å². The molecule has 0 saturated heterocycles. The molecule has 0 aliphatic carbocycles. The highest BCUT2D eigenvalue weighted by atomic mass is 16.3. The predicted molar refractivity (Wildman–Crippen MR) is 134 cm³/mol. The van der Waals surface area contributed by atoms with Gasteiger partial charge in [0.25, 0.3) is 5.91 Å². The normalized spacial score (nSPS) is 16.5. The van der Waals surface area contributed by atoms with E-state index in [-0.39, 0.29) is 23.1 Å². The van der Waals surface area contributed by atoms with Crippen LogP contribution in [0.15, 0.2) is 35.1 Å². The molecule has 1 atom stereocenters. The van der Waals surface area contributed by atoms with Crippen molar-refractivity contribution in [2.45, 2.75) is 93.2 Å². The first-order chi connectivity index (χ1) is 15.6. The van der Waals surface area contributed by atoms with Crippen molar-refractivity contribution >= 4 is 5.91 Å². The highest BCUT2D eigenvalue weighted by Crippen LogP contribution is 2.34. The van der Waals surface area contributed by atoms with Crippen LogP contribution in [0.1, 0.15) is 101 Å². The van der Waals surface area contributed by atoms with E-state index >= 15 is 0 Å². The van der Waals surface area contributed by atoms with Crippen LogP contribution in [0, 0.1) is 0 Å². The number of carbonyl (C=O) groups excluding carboxylic acids is 1. The van der Waals surface area contributed by atoms with Gasteiger partial charge in [-0.25, -0.2) is 0 Å². The number of fused-ring (bicyclic) bond motifs is 3. The minimum absolute atomic E-state index is 0.132. The Morgan fingerprint density at radius 2 is 1.56 bits per heavy atom. The summed E-state index contributed by atoms with van der Waals surface area (Å²) in [5.41, 5.74) is 2.24. The first-order valence-corrected chi connectivity index (χ1v) is 12.4. The van der Waals surface area contributed by atoms with Crippen LogP contribution in [0.5, 0.6) is 5.75 Å². The molecule has 2 aliphatic heterocycles. The molecule has 1 amide bonds. The van der Waals surface area contributed by atoms with Crippen LogP contribution in [0.3, 0.4) is 0 Å².